The minimum Gasteiger partial charge on any atom is -0.497 e. The van der Waals surface area contributed by atoms with Crippen molar-refractivity contribution in [2.45, 2.75) is 6.92 Å². The molecule has 1 heterocycles. The zero-order valence-corrected chi connectivity index (χ0v) is 10.8. The predicted octanol–water partition coefficient (Wildman–Crippen LogP) is 2.37. The van der Waals surface area contributed by atoms with Gasteiger partial charge in [0.25, 0.3) is 0 Å². The molecule has 0 aliphatic heterocycles. The van der Waals surface area contributed by atoms with Crippen LogP contribution >= 0.6 is 0 Å². The highest BCUT2D eigenvalue weighted by molar-refractivity contribution is 5.96. The molecule has 0 radical (unpaired) electrons. The molecule has 0 amide bonds. The fourth-order valence-corrected chi connectivity index (χ4v) is 1.79. The summed E-state index contributed by atoms with van der Waals surface area (Å²) >= 11 is 0. The lowest BCUT2D eigenvalue weighted by Crippen LogP contribution is -2.00. The van der Waals surface area contributed by atoms with E-state index in [9.17, 15) is 9.90 Å². The van der Waals surface area contributed by atoms with Gasteiger partial charge in [0.05, 0.1) is 25.5 Å². The first kappa shape index (κ1) is 12.9. The Bertz CT molecular complexity index is 617. The second-order valence-electron chi connectivity index (χ2n) is 3.84. The maximum Gasteiger partial charge on any atom is 0.341 e. The minimum absolute atomic E-state index is 0.0310. The number of aromatic nitrogens is 1. The summed E-state index contributed by atoms with van der Waals surface area (Å²) < 4.78 is 15.4. The van der Waals surface area contributed by atoms with Crippen molar-refractivity contribution >= 4 is 5.97 Å². The van der Waals surface area contributed by atoms with Gasteiger partial charge >= 0.3 is 5.97 Å². The molecule has 0 aliphatic carbocycles. The van der Waals surface area contributed by atoms with Gasteiger partial charge in [-0.1, -0.05) is 5.16 Å². The standard InChI is InChI=1S/C13H13NO5/c1-7-11(13(15)16)12(19-14-7)9-5-4-8(17-2)6-10(9)18-3/h4-6H,1-3H3,(H,15,16). The lowest BCUT2D eigenvalue weighted by atomic mass is 10.1. The molecule has 0 saturated heterocycles. The van der Waals surface area contributed by atoms with E-state index in [4.69, 9.17) is 14.0 Å². The maximum absolute atomic E-state index is 11.2. The van der Waals surface area contributed by atoms with Crippen LogP contribution in [0.3, 0.4) is 0 Å². The van der Waals surface area contributed by atoms with Crippen LogP contribution in [0.1, 0.15) is 16.1 Å². The number of aryl methyl sites for hydroxylation is 1. The quantitative estimate of drug-likeness (QED) is 0.911. The van der Waals surface area contributed by atoms with Crippen molar-refractivity contribution in [3.05, 3.63) is 29.5 Å². The average molecular weight is 263 g/mol. The number of carbonyl (C=O) groups is 1. The molecule has 0 saturated carbocycles. The Hall–Kier alpha value is -2.50. The summed E-state index contributed by atoms with van der Waals surface area (Å²) in [6.45, 7) is 1.58. The summed E-state index contributed by atoms with van der Waals surface area (Å²) in [4.78, 5) is 11.2. The molecule has 0 aliphatic rings. The van der Waals surface area contributed by atoms with E-state index in [-0.39, 0.29) is 11.3 Å². The molecule has 1 aromatic carbocycles. The molecule has 2 rings (SSSR count). The Kier molecular flexibility index (Phi) is 3.41. The van der Waals surface area contributed by atoms with Crippen molar-refractivity contribution in [1.82, 2.24) is 5.16 Å². The number of methoxy groups -OCH3 is 2. The summed E-state index contributed by atoms with van der Waals surface area (Å²) in [5.74, 6) is 0.142. The van der Waals surface area contributed by atoms with Crippen LogP contribution in [0.15, 0.2) is 22.7 Å². The van der Waals surface area contributed by atoms with Crippen molar-refractivity contribution in [3.63, 3.8) is 0 Å². The summed E-state index contributed by atoms with van der Waals surface area (Å²) in [5, 5.41) is 12.9. The van der Waals surface area contributed by atoms with Crippen LogP contribution in [-0.4, -0.2) is 30.5 Å². The van der Waals surface area contributed by atoms with Crippen LogP contribution in [0, 0.1) is 6.92 Å². The van der Waals surface area contributed by atoms with E-state index < -0.39 is 5.97 Å². The molecule has 1 N–H and O–H groups in total. The monoisotopic (exact) mass is 263 g/mol. The van der Waals surface area contributed by atoms with Gasteiger partial charge in [0.2, 0.25) is 0 Å². The highest BCUT2D eigenvalue weighted by Gasteiger charge is 2.23. The second-order valence-corrected chi connectivity index (χ2v) is 3.84. The second kappa shape index (κ2) is 5.01. The third kappa shape index (κ3) is 2.24. The largest absolute Gasteiger partial charge is 0.497 e. The maximum atomic E-state index is 11.2. The van der Waals surface area contributed by atoms with Crippen LogP contribution in [-0.2, 0) is 0 Å². The van der Waals surface area contributed by atoms with Crippen molar-refractivity contribution in [2.24, 2.45) is 0 Å². The van der Waals surface area contributed by atoms with Gasteiger partial charge < -0.3 is 19.1 Å². The van der Waals surface area contributed by atoms with Gasteiger partial charge in [0.1, 0.15) is 17.1 Å². The smallest absolute Gasteiger partial charge is 0.341 e. The van der Waals surface area contributed by atoms with E-state index in [0.717, 1.165) is 0 Å². The highest BCUT2D eigenvalue weighted by atomic mass is 16.5. The fourth-order valence-electron chi connectivity index (χ4n) is 1.79. The number of hydrogen-bond donors (Lipinski definition) is 1. The van der Waals surface area contributed by atoms with Crippen LogP contribution in [0.4, 0.5) is 0 Å². The summed E-state index contributed by atoms with van der Waals surface area (Å²) in [7, 11) is 3.03. The topological polar surface area (TPSA) is 81.8 Å². The zero-order valence-electron chi connectivity index (χ0n) is 10.8. The Morgan fingerprint density at radius 3 is 2.63 bits per heavy atom. The van der Waals surface area contributed by atoms with Crippen molar-refractivity contribution in [3.8, 4) is 22.8 Å². The number of carboxylic acids is 1. The van der Waals surface area contributed by atoms with Crippen LogP contribution in [0.2, 0.25) is 0 Å². The normalized spacial score (nSPS) is 10.3. The van der Waals surface area contributed by atoms with Gasteiger partial charge in [-0.25, -0.2) is 4.79 Å². The molecule has 6 heteroatoms. The molecule has 0 fully saturated rings. The third-order valence-corrected chi connectivity index (χ3v) is 2.73. The number of benzene rings is 1. The van der Waals surface area contributed by atoms with Crippen molar-refractivity contribution < 1.29 is 23.9 Å². The molecule has 6 nitrogen and oxygen atoms in total. The number of rotatable bonds is 4. The highest BCUT2D eigenvalue weighted by Crippen LogP contribution is 2.36. The molecule has 19 heavy (non-hydrogen) atoms. The van der Waals surface area contributed by atoms with E-state index in [1.165, 1.54) is 14.2 Å². The molecule has 100 valence electrons. The molecular weight excluding hydrogens is 250 g/mol. The predicted molar refractivity (Wildman–Crippen MR) is 66.7 cm³/mol. The lowest BCUT2D eigenvalue weighted by molar-refractivity contribution is 0.0696. The fraction of sp³-hybridized carbons (Fsp3) is 0.231. The number of carboxylic acid groups (broad SMARTS) is 1. The van der Waals surface area contributed by atoms with Crippen LogP contribution < -0.4 is 9.47 Å². The zero-order chi connectivity index (χ0) is 14.0. The van der Waals surface area contributed by atoms with Gasteiger partial charge in [-0.2, -0.15) is 0 Å². The molecule has 0 spiro atoms. The van der Waals surface area contributed by atoms with E-state index >= 15 is 0 Å². The number of hydrogen-bond acceptors (Lipinski definition) is 5. The number of ether oxygens (including phenoxy) is 2. The molecule has 0 atom stereocenters. The first-order chi connectivity index (χ1) is 9.08. The SMILES string of the molecule is COc1ccc(-c2onc(C)c2C(=O)O)c(OC)c1. The molecule has 2 aromatic rings. The average Bonchev–Trinajstić information content (AvgIpc) is 2.79. The lowest BCUT2D eigenvalue weighted by Gasteiger charge is -2.08. The van der Waals surface area contributed by atoms with Gasteiger partial charge in [0, 0.05) is 6.07 Å². The molecular formula is C13H13NO5. The van der Waals surface area contributed by atoms with Crippen LogP contribution in [0.25, 0.3) is 11.3 Å². The van der Waals surface area contributed by atoms with Crippen molar-refractivity contribution in [1.29, 1.82) is 0 Å². The summed E-state index contributed by atoms with van der Waals surface area (Å²) in [5.41, 5.74) is 0.866. The van der Waals surface area contributed by atoms with E-state index in [0.29, 0.717) is 22.8 Å². The van der Waals surface area contributed by atoms with Gasteiger partial charge in [0.15, 0.2) is 5.76 Å². The third-order valence-electron chi connectivity index (χ3n) is 2.73. The molecule has 1 aromatic heterocycles. The van der Waals surface area contributed by atoms with E-state index in [2.05, 4.69) is 5.16 Å². The van der Waals surface area contributed by atoms with Crippen LogP contribution in [0.5, 0.6) is 11.5 Å². The van der Waals surface area contributed by atoms with Gasteiger partial charge in [-0.15, -0.1) is 0 Å². The Labute approximate surface area is 109 Å². The Morgan fingerprint density at radius 2 is 2.05 bits per heavy atom. The van der Waals surface area contributed by atoms with E-state index in [1.54, 1.807) is 25.1 Å². The van der Waals surface area contributed by atoms with Gasteiger partial charge in [-0.3, -0.25) is 0 Å². The number of nitrogens with zero attached hydrogens (tertiary/aromatic N) is 1. The molecule has 0 unspecified atom stereocenters. The Morgan fingerprint density at radius 1 is 1.32 bits per heavy atom. The number of aromatic carboxylic acids is 1. The molecule has 0 bridgehead atoms. The first-order valence-corrected chi connectivity index (χ1v) is 5.50. The first-order valence-electron chi connectivity index (χ1n) is 5.50. The summed E-state index contributed by atoms with van der Waals surface area (Å²) in [6, 6.07) is 5.02. The summed E-state index contributed by atoms with van der Waals surface area (Å²) in [6.07, 6.45) is 0. The van der Waals surface area contributed by atoms with Gasteiger partial charge in [-0.05, 0) is 19.1 Å². The minimum atomic E-state index is -1.09. The van der Waals surface area contributed by atoms with E-state index in [1.807, 2.05) is 0 Å². The Balaban J connectivity index is 2.62. The van der Waals surface area contributed by atoms with Crippen molar-refractivity contribution in [2.75, 3.05) is 14.2 Å².